The van der Waals surface area contributed by atoms with Crippen LogP contribution >= 0.6 is 8.20 Å². The highest BCUT2D eigenvalue weighted by Crippen LogP contribution is 2.09. The summed E-state index contributed by atoms with van der Waals surface area (Å²) in [6.45, 7) is 2.09. The second kappa shape index (κ2) is 4.15. The maximum Gasteiger partial charge on any atom is 0.0564 e. The van der Waals surface area contributed by atoms with Crippen molar-refractivity contribution in [2.45, 2.75) is 6.92 Å². The molecule has 0 spiro atoms. The predicted molar refractivity (Wildman–Crippen MR) is 53.7 cm³/mol. The van der Waals surface area contributed by atoms with Crippen molar-refractivity contribution in [3.8, 4) is 0 Å². The summed E-state index contributed by atoms with van der Waals surface area (Å²) in [7, 11) is 1.13. The minimum Gasteiger partial charge on any atom is -0.378 e. The topological polar surface area (TPSA) is 12.0 Å². The van der Waals surface area contributed by atoms with Crippen LogP contribution in [0.3, 0.4) is 0 Å². The summed E-state index contributed by atoms with van der Waals surface area (Å²) in [5, 5.41) is 3.26. The van der Waals surface area contributed by atoms with Crippen LogP contribution in [0.4, 0.5) is 5.69 Å². The minimum absolute atomic E-state index is 0.920. The maximum atomic E-state index is 3.73. The molecule has 0 heterocycles. The zero-order valence-electron chi connectivity index (χ0n) is 6.67. The molecule has 0 aliphatic rings. The number of rotatable bonds is 3. The molecule has 2 heteroatoms. The van der Waals surface area contributed by atoms with Crippen molar-refractivity contribution < 1.29 is 0 Å². The minimum atomic E-state index is 0.920. The van der Waals surface area contributed by atoms with Crippen LogP contribution in [-0.2, 0) is 0 Å². The van der Waals surface area contributed by atoms with E-state index in [1.165, 1.54) is 11.3 Å². The molecular weight excluding hydrogens is 153 g/mol. The van der Waals surface area contributed by atoms with Gasteiger partial charge in [-0.15, -0.1) is 0 Å². The van der Waals surface area contributed by atoms with Crippen LogP contribution in [-0.4, -0.2) is 12.6 Å². The molecule has 0 fully saturated rings. The Morgan fingerprint density at radius 2 is 2.36 bits per heavy atom. The van der Waals surface area contributed by atoms with E-state index >= 15 is 0 Å². The summed E-state index contributed by atoms with van der Waals surface area (Å²) in [5.74, 6) is 0. The Hall–Kier alpha value is -0.810. The van der Waals surface area contributed by atoms with E-state index in [4.69, 9.17) is 0 Å². The molecule has 1 N–H and O–H groups in total. The summed E-state index contributed by atoms with van der Waals surface area (Å²) in [6, 6.07) is 8.34. The van der Waals surface area contributed by atoms with Gasteiger partial charge in [0.15, 0.2) is 0 Å². The Kier molecular flexibility index (Phi) is 3.13. The Bertz CT molecular complexity index is 245. The van der Waals surface area contributed by atoms with Crippen molar-refractivity contribution in [3.05, 3.63) is 29.8 Å². The van der Waals surface area contributed by atoms with Gasteiger partial charge in [-0.25, -0.2) is 0 Å². The van der Waals surface area contributed by atoms with Crippen LogP contribution in [0.25, 0.3) is 0 Å². The Morgan fingerprint density at radius 3 is 3.00 bits per heavy atom. The van der Waals surface area contributed by atoms with Crippen molar-refractivity contribution in [2.24, 2.45) is 0 Å². The van der Waals surface area contributed by atoms with E-state index in [1.54, 1.807) is 0 Å². The van der Waals surface area contributed by atoms with E-state index < -0.39 is 0 Å². The SMILES string of the molecule is C=PCNc1cccc(C)c1. The Labute approximate surface area is 69.2 Å². The van der Waals surface area contributed by atoms with Crippen molar-refractivity contribution in [3.63, 3.8) is 0 Å². The monoisotopic (exact) mass is 165 g/mol. The maximum absolute atomic E-state index is 3.73. The van der Waals surface area contributed by atoms with Gasteiger partial charge in [-0.1, -0.05) is 26.6 Å². The molecular formula is C9H12NP. The third kappa shape index (κ3) is 2.73. The van der Waals surface area contributed by atoms with Gasteiger partial charge in [0.2, 0.25) is 0 Å². The summed E-state index contributed by atoms with van der Waals surface area (Å²) < 4.78 is 0. The van der Waals surface area contributed by atoms with Crippen molar-refractivity contribution >= 4 is 20.2 Å². The second-order valence-corrected chi connectivity index (χ2v) is 3.19. The van der Waals surface area contributed by atoms with E-state index in [0.717, 1.165) is 14.5 Å². The molecule has 1 nitrogen and oxygen atoms in total. The van der Waals surface area contributed by atoms with Gasteiger partial charge in [-0.05, 0) is 24.6 Å². The average Bonchev–Trinajstić information content (AvgIpc) is 2.01. The molecule has 0 aliphatic heterocycles. The molecule has 11 heavy (non-hydrogen) atoms. The number of nitrogens with one attached hydrogen (secondary N) is 1. The molecule has 0 bridgehead atoms. The van der Waals surface area contributed by atoms with Gasteiger partial charge >= 0.3 is 0 Å². The normalized spacial score (nSPS) is 9.91. The van der Waals surface area contributed by atoms with Crippen molar-refractivity contribution in [1.29, 1.82) is 0 Å². The first kappa shape index (κ1) is 8.29. The lowest BCUT2D eigenvalue weighted by molar-refractivity contribution is 1.41. The fourth-order valence-corrected chi connectivity index (χ4v) is 1.20. The highest BCUT2D eigenvalue weighted by atomic mass is 31.1. The Morgan fingerprint density at radius 1 is 1.55 bits per heavy atom. The number of benzene rings is 1. The van der Waals surface area contributed by atoms with E-state index in [2.05, 4.69) is 42.8 Å². The molecule has 1 rings (SSSR count). The van der Waals surface area contributed by atoms with Crippen LogP contribution < -0.4 is 5.32 Å². The number of anilines is 1. The van der Waals surface area contributed by atoms with Gasteiger partial charge in [0.1, 0.15) is 0 Å². The fourth-order valence-electron chi connectivity index (χ4n) is 0.902. The summed E-state index contributed by atoms with van der Waals surface area (Å²) in [6.07, 6.45) is 4.65. The smallest absolute Gasteiger partial charge is 0.0564 e. The Balaban J connectivity index is 2.63. The average molecular weight is 165 g/mol. The zero-order chi connectivity index (χ0) is 8.10. The predicted octanol–water partition coefficient (Wildman–Crippen LogP) is 2.74. The van der Waals surface area contributed by atoms with Crippen molar-refractivity contribution in [1.82, 2.24) is 0 Å². The largest absolute Gasteiger partial charge is 0.378 e. The first-order chi connectivity index (χ1) is 5.33. The van der Waals surface area contributed by atoms with Gasteiger partial charge in [0.25, 0.3) is 0 Å². The van der Waals surface area contributed by atoms with Crippen LogP contribution in [0.15, 0.2) is 24.3 Å². The first-order valence-corrected chi connectivity index (χ1v) is 4.82. The van der Waals surface area contributed by atoms with Gasteiger partial charge in [0.05, 0.1) is 6.29 Å². The molecule has 0 radical (unpaired) electrons. The van der Waals surface area contributed by atoms with E-state index in [1.807, 2.05) is 0 Å². The lowest BCUT2D eigenvalue weighted by Gasteiger charge is -2.02. The molecule has 0 aromatic heterocycles. The number of hydrogen-bond donors (Lipinski definition) is 1. The van der Waals surface area contributed by atoms with Crippen LogP contribution in [0, 0.1) is 6.92 Å². The highest BCUT2D eigenvalue weighted by molar-refractivity contribution is 7.36. The fraction of sp³-hybridized carbons (Fsp3) is 0.222. The summed E-state index contributed by atoms with van der Waals surface area (Å²) >= 11 is 0. The van der Waals surface area contributed by atoms with Crippen molar-refractivity contribution in [2.75, 3.05) is 11.6 Å². The molecule has 1 aromatic carbocycles. The first-order valence-electron chi connectivity index (χ1n) is 3.56. The zero-order valence-corrected chi connectivity index (χ0v) is 7.57. The molecule has 0 amide bonds. The number of hydrogen-bond acceptors (Lipinski definition) is 1. The van der Waals surface area contributed by atoms with E-state index in [0.29, 0.717) is 0 Å². The lowest BCUT2D eigenvalue weighted by Crippen LogP contribution is -1.93. The van der Waals surface area contributed by atoms with Gasteiger partial charge in [-0.3, -0.25) is 0 Å². The second-order valence-electron chi connectivity index (χ2n) is 2.43. The summed E-state index contributed by atoms with van der Waals surface area (Å²) in [5.41, 5.74) is 2.47. The molecule has 0 unspecified atom stereocenters. The van der Waals surface area contributed by atoms with Crippen LogP contribution in [0.5, 0.6) is 0 Å². The quantitative estimate of drug-likeness (QED) is 0.679. The molecule has 1 aromatic rings. The standard InChI is InChI=1S/C9H12NP/c1-8-4-3-5-9(6-8)10-7-11-2/h3-6,10H,2,7H2,1H3. The molecule has 0 aliphatic carbocycles. The third-order valence-corrected chi connectivity index (χ3v) is 1.79. The highest BCUT2D eigenvalue weighted by Gasteiger charge is 1.87. The molecule has 0 saturated heterocycles. The van der Waals surface area contributed by atoms with Gasteiger partial charge in [-0.2, -0.15) is 0 Å². The summed E-state index contributed by atoms with van der Waals surface area (Å²) in [4.78, 5) is 0. The molecule has 58 valence electrons. The van der Waals surface area contributed by atoms with Gasteiger partial charge < -0.3 is 5.32 Å². The number of aryl methyl sites for hydroxylation is 1. The van der Waals surface area contributed by atoms with E-state index in [-0.39, 0.29) is 0 Å². The van der Waals surface area contributed by atoms with E-state index in [9.17, 15) is 0 Å². The third-order valence-electron chi connectivity index (χ3n) is 1.41. The molecule has 0 atom stereocenters. The van der Waals surface area contributed by atoms with Gasteiger partial charge in [0, 0.05) is 5.69 Å². The van der Waals surface area contributed by atoms with Crippen LogP contribution in [0.2, 0.25) is 0 Å². The lowest BCUT2D eigenvalue weighted by atomic mass is 10.2. The van der Waals surface area contributed by atoms with Crippen LogP contribution in [0.1, 0.15) is 5.56 Å². The molecule has 0 saturated carbocycles.